The van der Waals surface area contributed by atoms with Gasteiger partial charge in [0, 0.05) is 28.3 Å². The number of aromatic nitrogens is 1. The van der Waals surface area contributed by atoms with Crippen LogP contribution in [0.2, 0.25) is 0 Å². The van der Waals surface area contributed by atoms with Crippen molar-refractivity contribution in [1.29, 1.82) is 0 Å². The molecule has 0 aliphatic heterocycles. The monoisotopic (exact) mass is 294 g/mol. The Bertz CT molecular complexity index is 496. The van der Waals surface area contributed by atoms with Gasteiger partial charge in [-0.1, -0.05) is 19.1 Å². The molecule has 0 fully saturated rings. The summed E-state index contributed by atoms with van der Waals surface area (Å²) in [4.78, 5) is 6.84. The van der Waals surface area contributed by atoms with Crippen molar-refractivity contribution < 1.29 is 5.11 Å². The molecule has 0 spiro atoms. The zero-order valence-corrected chi connectivity index (χ0v) is 12.6. The van der Waals surface area contributed by atoms with Crippen LogP contribution in [0, 0.1) is 0 Å². The molecule has 0 saturated carbocycles. The number of anilines is 1. The summed E-state index contributed by atoms with van der Waals surface area (Å²) in [6.07, 6.45) is 3.05. The number of hydrogen-bond acceptors (Lipinski definition) is 5. The van der Waals surface area contributed by atoms with Gasteiger partial charge >= 0.3 is 0 Å². The fourth-order valence-electron chi connectivity index (χ4n) is 1.53. The summed E-state index contributed by atoms with van der Waals surface area (Å²) in [7, 11) is 0. The molecule has 0 aliphatic rings. The number of aliphatic hydroxyl groups is 1. The Labute approximate surface area is 122 Å². The van der Waals surface area contributed by atoms with Gasteiger partial charge in [0.05, 0.1) is 6.61 Å². The Hall–Kier alpha value is -1.04. The first kappa shape index (κ1) is 14.4. The van der Waals surface area contributed by atoms with Crippen LogP contribution < -0.4 is 5.32 Å². The number of benzene rings is 1. The molecule has 0 aliphatic carbocycles. The molecule has 0 bridgehead atoms. The van der Waals surface area contributed by atoms with Crippen LogP contribution in [-0.2, 0) is 12.4 Å². The summed E-state index contributed by atoms with van der Waals surface area (Å²) in [5, 5.41) is 13.3. The smallest absolute Gasteiger partial charge is 0.182 e. The Morgan fingerprint density at radius 1 is 1.32 bits per heavy atom. The highest BCUT2D eigenvalue weighted by Crippen LogP contribution is 2.27. The van der Waals surface area contributed by atoms with E-state index in [1.807, 2.05) is 30.5 Å². The van der Waals surface area contributed by atoms with E-state index in [1.165, 1.54) is 9.77 Å². The Morgan fingerprint density at radius 2 is 2.11 bits per heavy atom. The van der Waals surface area contributed by atoms with E-state index in [1.54, 1.807) is 23.1 Å². The second kappa shape index (κ2) is 7.53. The highest BCUT2D eigenvalue weighted by atomic mass is 32.2. The first-order valence-corrected chi connectivity index (χ1v) is 8.13. The molecule has 2 aromatic rings. The van der Waals surface area contributed by atoms with Crippen LogP contribution in [0.3, 0.4) is 0 Å². The van der Waals surface area contributed by atoms with E-state index >= 15 is 0 Å². The van der Waals surface area contributed by atoms with Crippen molar-refractivity contribution in [3.05, 3.63) is 40.9 Å². The van der Waals surface area contributed by atoms with E-state index in [4.69, 9.17) is 5.11 Å². The van der Waals surface area contributed by atoms with Crippen molar-refractivity contribution in [3.63, 3.8) is 0 Å². The third-order valence-electron chi connectivity index (χ3n) is 2.57. The van der Waals surface area contributed by atoms with Crippen LogP contribution in [0.15, 0.2) is 35.4 Å². The van der Waals surface area contributed by atoms with Crippen molar-refractivity contribution in [2.75, 3.05) is 11.9 Å². The maximum atomic E-state index is 8.99. The quantitative estimate of drug-likeness (QED) is 0.763. The van der Waals surface area contributed by atoms with Gasteiger partial charge in [-0.15, -0.1) is 23.1 Å². The summed E-state index contributed by atoms with van der Waals surface area (Å²) < 4.78 is 0. The third kappa shape index (κ3) is 4.53. The van der Waals surface area contributed by atoms with E-state index in [2.05, 4.69) is 17.2 Å². The van der Waals surface area contributed by atoms with E-state index in [-0.39, 0.29) is 6.61 Å². The molecule has 5 heteroatoms. The molecule has 1 aromatic heterocycles. The molecule has 3 nitrogen and oxygen atoms in total. The minimum Gasteiger partial charge on any atom is -0.392 e. The van der Waals surface area contributed by atoms with E-state index < -0.39 is 0 Å². The molecule has 0 atom stereocenters. The van der Waals surface area contributed by atoms with Crippen molar-refractivity contribution in [1.82, 2.24) is 4.98 Å². The maximum Gasteiger partial charge on any atom is 0.182 e. The Morgan fingerprint density at radius 3 is 2.79 bits per heavy atom. The average Bonchev–Trinajstić information content (AvgIpc) is 2.91. The van der Waals surface area contributed by atoms with Crippen molar-refractivity contribution >= 4 is 28.2 Å². The van der Waals surface area contributed by atoms with Gasteiger partial charge in [0.1, 0.15) is 0 Å². The zero-order valence-electron chi connectivity index (χ0n) is 10.9. The lowest BCUT2D eigenvalue weighted by Gasteiger charge is -2.01. The first-order valence-electron chi connectivity index (χ1n) is 6.33. The highest BCUT2D eigenvalue weighted by molar-refractivity contribution is 7.98. The second-order valence-electron chi connectivity index (χ2n) is 4.15. The normalized spacial score (nSPS) is 10.6. The summed E-state index contributed by atoms with van der Waals surface area (Å²) in [6, 6.07) is 8.02. The van der Waals surface area contributed by atoms with Gasteiger partial charge in [-0.05, 0) is 24.1 Å². The lowest BCUT2D eigenvalue weighted by Crippen LogP contribution is -1.97. The van der Waals surface area contributed by atoms with Gasteiger partial charge < -0.3 is 10.4 Å². The minimum absolute atomic E-state index is 0.103. The fraction of sp³-hybridized carbons (Fsp3) is 0.357. The van der Waals surface area contributed by atoms with Crippen molar-refractivity contribution in [2.24, 2.45) is 0 Å². The van der Waals surface area contributed by atoms with Crippen molar-refractivity contribution in [2.45, 2.75) is 30.6 Å². The van der Waals surface area contributed by atoms with E-state index in [0.29, 0.717) is 0 Å². The van der Waals surface area contributed by atoms with Gasteiger partial charge in [-0.25, -0.2) is 4.98 Å². The number of nitrogens with one attached hydrogen (secondary N) is 1. The van der Waals surface area contributed by atoms with Crippen LogP contribution in [0.25, 0.3) is 0 Å². The number of nitrogens with zero attached hydrogens (tertiary/aromatic N) is 1. The van der Waals surface area contributed by atoms with Gasteiger partial charge in [0.25, 0.3) is 0 Å². The summed E-state index contributed by atoms with van der Waals surface area (Å²) in [5.74, 6) is 0.934. The van der Waals surface area contributed by atoms with Gasteiger partial charge in [0.15, 0.2) is 5.13 Å². The number of thiazole rings is 1. The fourth-order valence-corrected chi connectivity index (χ4v) is 3.29. The molecular formula is C14H18N2OS2. The topological polar surface area (TPSA) is 45.2 Å². The van der Waals surface area contributed by atoms with Crippen LogP contribution >= 0.6 is 23.1 Å². The minimum atomic E-state index is 0.103. The molecule has 0 radical (unpaired) electrons. The Kier molecular flexibility index (Phi) is 5.69. The molecule has 0 unspecified atom stereocenters. The summed E-state index contributed by atoms with van der Waals surface area (Å²) >= 11 is 3.51. The molecule has 1 heterocycles. The molecule has 1 aromatic carbocycles. The molecule has 2 N–H and O–H groups in total. The van der Waals surface area contributed by atoms with E-state index in [9.17, 15) is 0 Å². The zero-order chi connectivity index (χ0) is 13.5. The molecule has 2 rings (SSSR count). The van der Waals surface area contributed by atoms with Crippen LogP contribution in [-0.4, -0.2) is 16.6 Å². The highest BCUT2D eigenvalue weighted by Gasteiger charge is 2.02. The molecule has 19 heavy (non-hydrogen) atoms. The molecule has 102 valence electrons. The molecule has 0 saturated heterocycles. The summed E-state index contributed by atoms with van der Waals surface area (Å²) in [5.41, 5.74) is 0.952. The van der Waals surface area contributed by atoms with Crippen LogP contribution in [0.1, 0.15) is 23.8 Å². The lowest BCUT2D eigenvalue weighted by molar-refractivity contribution is 0.282. The standard InChI is InChI=1S/C14H18N2OS2/c1-2-7-15-14-16-8-13(19-14)10-18-12-5-3-11(9-17)4-6-12/h3-6,8,17H,2,7,9-10H2,1H3,(H,15,16). The Balaban J connectivity index is 1.85. The van der Waals surface area contributed by atoms with Crippen LogP contribution in [0.5, 0.6) is 0 Å². The molecule has 0 amide bonds. The van der Waals surface area contributed by atoms with E-state index in [0.717, 1.165) is 29.4 Å². The molecular weight excluding hydrogens is 276 g/mol. The first-order chi connectivity index (χ1) is 9.31. The predicted molar refractivity (Wildman–Crippen MR) is 82.8 cm³/mol. The number of hydrogen-bond donors (Lipinski definition) is 2. The predicted octanol–water partition coefficient (Wildman–Crippen LogP) is 3.75. The van der Waals surface area contributed by atoms with Gasteiger partial charge in [-0.2, -0.15) is 0 Å². The average molecular weight is 294 g/mol. The SMILES string of the molecule is CCCNc1ncc(CSc2ccc(CO)cc2)s1. The maximum absolute atomic E-state index is 8.99. The number of rotatable bonds is 7. The van der Waals surface area contributed by atoms with Gasteiger partial charge in [-0.3, -0.25) is 0 Å². The third-order valence-corrected chi connectivity index (χ3v) is 4.77. The lowest BCUT2D eigenvalue weighted by atomic mass is 10.2. The number of aliphatic hydroxyl groups excluding tert-OH is 1. The van der Waals surface area contributed by atoms with Crippen LogP contribution in [0.4, 0.5) is 5.13 Å². The van der Waals surface area contributed by atoms with Crippen molar-refractivity contribution in [3.8, 4) is 0 Å². The second-order valence-corrected chi connectivity index (χ2v) is 6.31. The largest absolute Gasteiger partial charge is 0.392 e. The summed E-state index contributed by atoms with van der Waals surface area (Å²) in [6.45, 7) is 3.22. The van der Waals surface area contributed by atoms with Gasteiger partial charge in [0.2, 0.25) is 0 Å². The number of thioether (sulfide) groups is 1.